The van der Waals surface area contributed by atoms with Crippen molar-refractivity contribution in [3.63, 3.8) is 0 Å². The topological polar surface area (TPSA) is 73.2 Å². The van der Waals surface area contributed by atoms with Crippen molar-refractivity contribution in [3.05, 3.63) is 95.1 Å². The molecule has 5 heteroatoms. The fourth-order valence-electron chi connectivity index (χ4n) is 3.79. The number of hydrogen-bond donors (Lipinski definition) is 3. The molecule has 3 N–H and O–H groups in total. The number of anilines is 3. The molecule has 0 aliphatic heterocycles. The van der Waals surface area contributed by atoms with Gasteiger partial charge in [-0.1, -0.05) is 24.3 Å². The maximum absolute atomic E-state index is 10.8. The molecule has 4 aromatic carbocycles. The fourth-order valence-corrected chi connectivity index (χ4v) is 3.79. The molecule has 0 radical (unpaired) electrons. The van der Waals surface area contributed by atoms with Crippen molar-refractivity contribution in [2.24, 2.45) is 0 Å². The number of ether oxygens (including phenoxy) is 1. The fraction of sp³-hybridized carbons (Fsp3) is 0.143. The second kappa shape index (κ2) is 8.79. The van der Waals surface area contributed by atoms with Crippen molar-refractivity contribution in [1.29, 1.82) is 0 Å². The Labute approximate surface area is 193 Å². The van der Waals surface area contributed by atoms with Crippen LogP contribution in [0.5, 0.6) is 28.7 Å². The number of aryl methyl sites for hydroxylation is 3. The molecule has 0 aromatic heterocycles. The van der Waals surface area contributed by atoms with E-state index in [1.165, 1.54) is 0 Å². The van der Waals surface area contributed by atoms with E-state index in [2.05, 4.69) is 0 Å². The van der Waals surface area contributed by atoms with Crippen LogP contribution < -0.4 is 9.64 Å². The Morgan fingerprint density at radius 3 is 1.67 bits per heavy atom. The number of benzene rings is 4. The van der Waals surface area contributed by atoms with Crippen LogP contribution in [0.15, 0.2) is 72.8 Å². The SMILES string of the molecule is Cc1ccc(N(c2ccc(C)cc2O)c2ccccc2Oc2cc(C)cc(O)c2C)c(O)c1. The summed E-state index contributed by atoms with van der Waals surface area (Å²) < 4.78 is 6.29. The summed E-state index contributed by atoms with van der Waals surface area (Å²) in [6.45, 7) is 7.49. The third-order valence-corrected chi connectivity index (χ3v) is 5.55. The van der Waals surface area contributed by atoms with Gasteiger partial charge in [0.05, 0.1) is 17.1 Å². The van der Waals surface area contributed by atoms with E-state index >= 15 is 0 Å². The van der Waals surface area contributed by atoms with E-state index < -0.39 is 0 Å². The van der Waals surface area contributed by atoms with Gasteiger partial charge in [-0.3, -0.25) is 4.90 Å². The minimum absolute atomic E-state index is 0.0779. The zero-order valence-electron chi connectivity index (χ0n) is 19.1. The average molecular weight is 442 g/mol. The summed E-state index contributed by atoms with van der Waals surface area (Å²) in [5, 5.41) is 31.9. The third-order valence-electron chi connectivity index (χ3n) is 5.55. The molecule has 168 valence electrons. The zero-order chi connectivity index (χ0) is 23.7. The summed E-state index contributed by atoms with van der Waals surface area (Å²) in [5.41, 5.74) is 4.95. The summed E-state index contributed by atoms with van der Waals surface area (Å²) in [6, 6.07) is 21.7. The van der Waals surface area contributed by atoms with Crippen molar-refractivity contribution in [2.45, 2.75) is 27.7 Å². The van der Waals surface area contributed by atoms with Gasteiger partial charge in [0.2, 0.25) is 0 Å². The van der Waals surface area contributed by atoms with Crippen LogP contribution in [0.4, 0.5) is 17.1 Å². The molecule has 0 bridgehead atoms. The van der Waals surface area contributed by atoms with Crippen molar-refractivity contribution in [2.75, 3.05) is 4.90 Å². The van der Waals surface area contributed by atoms with E-state index in [9.17, 15) is 15.3 Å². The molecule has 0 saturated carbocycles. The van der Waals surface area contributed by atoms with Crippen molar-refractivity contribution >= 4 is 17.1 Å². The third kappa shape index (κ3) is 4.44. The summed E-state index contributed by atoms with van der Waals surface area (Å²) in [6.07, 6.45) is 0. The zero-order valence-corrected chi connectivity index (χ0v) is 19.1. The van der Waals surface area contributed by atoms with Gasteiger partial charge in [-0.05, 0) is 92.9 Å². The quantitative estimate of drug-likeness (QED) is 0.303. The van der Waals surface area contributed by atoms with Gasteiger partial charge in [0.25, 0.3) is 0 Å². The van der Waals surface area contributed by atoms with Gasteiger partial charge in [0.15, 0.2) is 5.75 Å². The monoisotopic (exact) mass is 441 g/mol. The Morgan fingerprint density at radius 1 is 0.545 bits per heavy atom. The van der Waals surface area contributed by atoms with Gasteiger partial charge in [0.1, 0.15) is 23.0 Å². The first kappa shape index (κ1) is 22.1. The predicted molar refractivity (Wildman–Crippen MR) is 132 cm³/mol. The van der Waals surface area contributed by atoms with E-state index in [0.29, 0.717) is 34.1 Å². The summed E-state index contributed by atoms with van der Waals surface area (Å²) in [7, 11) is 0. The number of rotatable bonds is 5. The molecule has 0 spiro atoms. The molecule has 0 heterocycles. The Kier molecular flexibility index (Phi) is 5.88. The Balaban J connectivity index is 1.92. The van der Waals surface area contributed by atoms with Crippen LogP contribution in [0.3, 0.4) is 0 Å². The van der Waals surface area contributed by atoms with Crippen molar-refractivity contribution < 1.29 is 20.1 Å². The molecule has 33 heavy (non-hydrogen) atoms. The van der Waals surface area contributed by atoms with Crippen LogP contribution in [0, 0.1) is 27.7 Å². The number of phenols is 3. The summed E-state index contributed by atoms with van der Waals surface area (Å²) in [4.78, 5) is 1.77. The van der Waals surface area contributed by atoms with Crippen molar-refractivity contribution in [1.82, 2.24) is 0 Å². The van der Waals surface area contributed by atoms with E-state index in [1.807, 2.05) is 75.4 Å². The highest BCUT2D eigenvalue weighted by atomic mass is 16.5. The lowest BCUT2D eigenvalue weighted by atomic mass is 10.1. The number of phenolic OH excluding ortho intramolecular Hbond substituents is 3. The van der Waals surface area contributed by atoms with Crippen LogP contribution in [-0.4, -0.2) is 15.3 Å². The number of aromatic hydroxyl groups is 3. The van der Waals surface area contributed by atoms with E-state index in [1.54, 1.807) is 30.0 Å². The Bertz CT molecular complexity index is 1280. The van der Waals surface area contributed by atoms with Gasteiger partial charge >= 0.3 is 0 Å². The minimum atomic E-state index is 0.0779. The van der Waals surface area contributed by atoms with Crippen LogP contribution in [0.25, 0.3) is 0 Å². The smallest absolute Gasteiger partial charge is 0.151 e. The van der Waals surface area contributed by atoms with E-state index in [4.69, 9.17) is 4.74 Å². The lowest BCUT2D eigenvalue weighted by molar-refractivity contribution is 0.447. The maximum Gasteiger partial charge on any atom is 0.151 e. The highest BCUT2D eigenvalue weighted by Crippen LogP contribution is 2.48. The number of nitrogens with zero attached hydrogens (tertiary/aromatic N) is 1. The molecular formula is C28H27NO4. The molecule has 0 amide bonds. The molecule has 0 aliphatic rings. The van der Waals surface area contributed by atoms with Gasteiger partial charge in [-0.15, -0.1) is 0 Å². The summed E-state index contributed by atoms with van der Waals surface area (Å²) in [5.74, 6) is 1.35. The number of para-hydroxylation sites is 2. The first-order valence-corrected chi connectivity index (χ1v) is 10.7. The minimum Gasteiger partial charge on any atom is -0.508 e. The lowest BCUT2D eigenvalue weighted by Gasteiger charge is -2.28. The molecule has 0 saturated heterocycles. The van der Waals surface area contributed by atoms with Crippen LogP contribution in [0.1, 0.15) is 22.3 Å². The molecule has 0 unspecified atom stereocenters. The van der Waals surface area contributed by atoms with Crippen LogP contribution in [-0.2, 0) is 0 Å². The lowest BCUT2D eigenvalue weighted by Crippen LogP contribution is -2.12. The Hall–Kier alpha value is -4.12. The second-order valence-electron chi connectivity index (χ2n) is 8.30. The van der Waals surface area contributed by atoms with Gasteiger partial charge in [0, 0.05) is 5.56 Å². The maximum atomic E-state index is 10.8. The molecule has 4 rings (SSSR count). The predicted octanol–water partition coefficient (Wildman–Crippen LogP) is 7.30. The molecular weight excluding hydrogens is 414 g/mol. The van der Waals surface area contributed by atoms with Gasteiger partial charge in [-0.25, -0.2) is 0 Å². The largest absolute Gasteiger partial charge is 0.508 e. The van der Waals surface area contributed by atoms with E-state index in [0.717, 1.165) is 16.7 Å². The van der Waals surface area contributed by atoms with E-state index in [-0.39, 0.29) is 17.2 Å². The number of hydrogen-bond acceptors (Lipinski definition) is 5. The highest BCUT2D eigenvalue weighted by Gasteiger charge is 2.23. The Morgan fingerprint density at radius 2 is 1.09 bits per heavy atom. The first-order chi connectivity index (χ1) is 15.7. The molecule has 0 atom stereocenters. The molecule has 5 nitrogen and oxygen atoms in total. The highest BCUT2D eigenvalue weighted by molar-refractivity contribution is 5.85. The average Bonchev–Trinajstić information content (AvgIpc) is 2.75. The van der Waals surface area contributed by atoms with Crippen LogP contribution in [0.2, 0.25) is 0 Å². The molecule has 4 aromatic rings. The standard InChI is InChI=1S/C28H27NO4/c1-17-9-11-21(25(31)13-17)29(22-12-10-18(2)14-26(22)32)23-7-5-6-8-27(23)33-28-16-19(3)15-24(30)20(28)4/h5-16,30-32H,1-4H3. The van der Waals surface area contributed by atoms with Gasteiger partial charge < -0.3 is 20.1 Å². The normalized spacial score (nSPS) is 10.8. The second-order valence-corrected chi connectivity index (χ2v) is 8.30. The summed E-state index contributed by atoms with van der Waals surface area (Å²) >= 11 is 0. The van der Waals surface area contributed by atoms with Gasteiger partial charge in [-0.2, -0.15) is 0 Å². The first-order valence-electron chi connectivity index (χ1n) is 10.7. The molecule has 0 fully saturated rings. The molecule has 0 aliphatic carbocycles. The van der Waals surface area contributed by atoms with Crippen molar-refractivity contribution in [3.8, 4) is 28.7 Å². The van der Waals surface area contributed by atoms with Crippen LogP contribution >= 0.6 is 0 Å².